The first kappa shape index (κ1) is 10.2. The van der Waals surface area contributed by atoms with E-state index in [0.29, 0.717) is 13.0 Å². The molecule has 0 spiro atoms. The van der Waals surface area contributed by atoms with Crippen molar-refractivity contribution in [3.63, 3.8) is 0 Å². The largest absolute Gasteiger partial charge is 0.466 e. The molecule has 0 rings (SSSR count). The fourth-order valence-electron chi connectivity index (χ4n) is 0.644. The first-order valence-corrected chi connectivity index (χ1v) is 3.89. The first-order valence-electron chi connectivity index (χ1n) is 3.89. The molecule has 0 aromatic heterocycles. The van der Waals surface area contributed by atoms with E-state index in [1.807, 2.05) is 20.8 Å². The fraction of sp³-hybridized carbons (Fsp3) is 0.667. The van der Waals surface area contributed by atoms with Gasteiger partial charge in [0.2, 0.25) is 0 Å². The highest BCUT2D eigenvalue weighted by atomic mass is 16.5. The summed E-state index contributed by atoms with van der Waals surface area (Å²) in [5.41, 5.74) is 1.03. The smallest absolute Gasteiger partial charge is 0.306 e. The topological polar surface area (TPSA) is 26.3 Å². The molecule has 0 aromatic rings. The van der Waals surface area contributed by atoms with Gasteiger partial charge in [-0.05, 0) is 19.8 Å². The van der Waals surface area contributed by atoms with Crippen molar-refractivity contribution in [2.75, 3.05) is 6.61 Å². The Morgan fingerprint density at radius 1 is 1.64 bits per heavy atom. The van der Waals surface area contributed by atoms with Crippen LogP contribution in [0.2, 0.25) is 0 Å². The van der Waals surface area contributed by atoms with Crippen LogP contribution in [0.5, 0.6) is 0 Å². The second-order valence-electron chi connectivity index (χ2n) is 2.76. The Morgan fingerprint density at radius 3 is 2.55 bits per heavy atom. The molecular weight excluding hydrogens is 140 g/mol. The molecule has 0 aliphatic rings. The maximum Gasteiger partial charge on any atom is 0.306 e. The minimum absolute atomic E-state index is 0.136. The average molecular weight is 156 g/mol. The van der Waals surface area contributed by atoms with E-state index in [1.54, 1.807) is 0 Å². The second-order valence-corrected chi connectivity index (χ2v) is 2.76. The van der Waals surface area contributed by atoms with Crippen LogP contribution < -0.4 is 0 Å². The van der Waals surface area contributed by atoms with Crippen LogP contribution in [-0.4, -0.2) is 12.6 Å². The lowest BCUT2D eigenvalue weighted by Crippen LogP contribution is -2.09. The first-order chi connectivity index (χ1) is 5.07. The molecule has 0 fully saturated rings. The molecule has 0 saturated carbocycles. The summed E-state index contributed by atoms with van der Waals surface area (Å²) in [7, 11) is 0. The SMILES string of the molecule is C=C(C)C(C)CC(=O)OCC. The summed E-state index contributed by atoms with van der Waals surface area (Å²) in [5.74, 6) is 0.0945. The van der Waals surface area contributed by atoms with Gasteiger partial charge in [-0.25, -0.2) is 0 Å². The second kappa shape index (κ2) is 4.94. The van der Waals surface area contributed by atoms with Crippen LogP contribution in [0.15, 0.2) is 12.2 Å². The quantitative estimate of drug-likeness (QED) is 0.460. The summed E-state index contributed by atoms with van der Waals surface area (Å²) in [6.07, 6.45) is 0.448. The van der Waals surface area contributed by atoms with E-state index < -0.39 is 0 Å². The van der Waals surface area contributed by atoms with E-state index in [-0.39, 0.29) is 11.9 Å². The zero-order valence-corrected chi connectivity index (χ0v) is 7.52. The molecule has 0 amide bonds. The van der Waals surface area contributed by atoms with Crippen LogP contribution in [-0.2, 0) is 9.53 Å². The molecule has 0 aliphatic carbocycles. The number of esters is 1. The van der Waals surface area contributed by atoms with Crippen molar-refractivity contribution in [3.05, 3.63) is 12.2 Å². The van der Waals surface area contributed by atoms with E-state index in [1.165, 1.54) is 0 Å². The van der Waals surface area contributed by atoms with Crippen molar-refractivity contribution in [1.29, 1.82) is 0 Å². The number of carbonyl (C=O) groups is 1. The molecule has 0 aliphatic heterocycles. The standard InChI is InChI=1S/C9H16O2/c1-5-11-9(10)6-8(4)7(2)3/h8H,2,5-6H2,1,3-4H3. The van der Waals surface area contributed by atoms with Crippen LogP contribution in [0.1, 0.15) is 27.2 Å². The van der Waals surface area contributed by atoms with Gasteiger partial charge in [-0.2, -0.15) is 0 Å². The van der Waals surface area contributed by atoms with E-state index in [9.17, 15) is 4.79 Å². The van der Waals surface area contributed by atoms with Gasteiger partial charge in [-0.3, -0.25) is 4.79 Å². The van der Waals surface area contributed by atoms with Gasteiger partial charge in [0, 0.05) is 0 Å². The van der Waals surface area contributed by atoms with Crippen LogP contribution in [0.3, 0.4) is 0 Å². The number of allylic oxidation sites excluding steroid dienone is 1. The third-order valence-electron chi connectivity index (χ3n) is 1.62. The summed E-state index contributed by atoms with van der Waals surface area (Å²) in [6, 6.07) is 0. The highest BCUT2D eigenvalue weighted by Gasteiger charge is 2.09. The lowest BCUT2D eigenvalue weighted by atomic mass is 10.0. The molecule has 2 heteroatoms. The van der Waals surface area contributed by atoms with Crippen molar-refractivity contribution in [2.24, 2.45) is 5.92 Å². The molecule has 1 atom stereocenters. The molecular formula is C9H16O2. The van der Waals surface area contributed by atoms with Crippen molar-refractivity contribution in [2.45, 2.75) is 27.2 Å². The van der Waals surface area contributed by atoms with Gasteiger partial charge in [0.1, 0.15) is 0 Å². The lowest BCUT2D eigenvalue weighted by Gasteiger charge is -2.08. The van der Waals surface area contributed by atoms with Gasteiger partial charge >= 0.3 is 5.97 Å². The number of ether oxygens (including phenoxy) is 1. The molecule has 0 radical (unpaired) electrons. The van der Waals surface area contributed by atoms with E-state index >= 15 is 0 Å². The number of hydrogen-bond acceptors (Lipinski definition) is 2. The summed E-state index contributed by atoms with van der Waals surface area (Å²) in [5, 5.41) is 0. The van der Waals surface area contributed by atoms with Gasteiger partial charge in [-0.15, -0.1) is 0 Å². The summed E-state index contributed by atoms with van der Waals surface area (Å²) in [4.78, 5) is 10.9. The molecule has 0 N–H and O–H groups in total. The van der Waals surface area contributed by atoms with Crippen molar-refractivity contribution in [3.8, 4) is 0 Å². The van der Waals surface area contributed by atoms with Crippen molar-refractivity contribution in [1.82, 2.24) is 0 Å². The number of hydrogen-bond donors (Lipinski definition) is 0. The Bertz CT molecular complexity index is 150. The van der Waals surface area contributed by atoms with Gasteiger partial charge in [0.05, 0.1) is 13.0 Å². The summed E-state index contributed by atoms with van der Waals surface area (Å²) < 4.78 is 4.78. The molecule has 2 nitrogen and oxygen atoms in total. The van der Waals surface area contributed by atoms with Gasteiger partial charge in [0.25, 0.3) is 0 Å². The van der Waals surface area contributed by atoms with E-state index in [4.69, 9.17) is 4.74 Å². The normalized spacial score (nSPS) is 12.3. The third-order valence-corrected chi connectivity index (χ3v) is 1.62. The highest BCUT2D eigenvalue weighted by Crippen LogP contribution is 2.11. The van der Waals surface area contributed by atoms with E-state index in [0.717, 1.165) is 5.57 Å². The van der Waals surface area contributed by atoms with Gasteiger partial charge < -0.3 is 4.74 Å². The summed E-state index contributed by atoms with van der Waals surface area (Å²) >= 11 is 0. The van der Waals surface area contributed by atoms with Crippen LogP contribution in [0.25, 0.3) is 0 Å². The maximum atomic E-state index is 10.9. The zero-order valence-electron chi connectivity index (χ0n) is 7.52. The molecule has 1 unspecified atom stereocenters. The lowest BCUT2D eigenvalue weighted by molar-refractivity contribution is -0.143. The Balaban J connectivity index is 3.66. The van der Waals surface area contributed by atoms with Crippen LogP contribution in [0, 0.1) is 5.92 Å². The predicted octanol–water partition coefficient (Wildman–Crippen LogP) is 2.15. The monoisotopic (exact) mass is 156 g/mol. The van der Waals surface area contributed by atoms with Crippen molar-refractivity contribution < 1.29 is 9.53 Å². The Labute approximate surface area is 68.2 Å². The molecule has 11 heavy (non-hydrogen) atoms. The minimum atomic E-state index is -0.136. The number of carbonyl (C=O) groups excluding carboxylic acids is 1. The summed E-state index contributed by atoms with van der Waals surface area (Å²) in [6.45, 7) is 9.92. The third kappa shape index (κ3) is 4.59. The molecule has 64 valence electrons. The maximum absolute atomic E-state index is 10.9. The average Bonchev–Trinajstić information content (AvgIpc) is 1.87. The van der Waals surface area contributed by atoms with Crippen LogP contribution in [0.4, 0.5) is 0 Å². The Hall–Kier alpha value is -0.790. The van der Waals surface area contributed by atoms with Crippen LogP contribution >= 0.6 is 0 Å². The van der Waals surface area contributed by atoms with Gasteiger partial charge in [-0.1, -0.05) is 19.1 Å². The van der Waals surface area contributed by atoms with Gasteiger partial charge in [0.15, 0.2) is 0 Å². The number of rotatable bonds is 4. The molecule has 0 heterocycles. The fourth-order valence-corrected chi connectivity index (χ4v) is 0.644. The Kier molecular flexibility index (Phi) is 4.59. The molecule has 0 aromatic carbocycles. The molecule has 0 saturated heterocycles. The zero-order chi connectivity index (χ0) is 8.85. The highest BCUT2D eigenvalue weighted by molar-refractivity contribution is 5.69. The minimum Gasteiger partial charge on any atom is -0.466 e. The molecule has 0 bridgehead atoms. The van der Waals surface area contributed by atoms with E-state index in [2.05, 4.69) is 6.58 Å². The predicted molar refractivity (Wildman–Crippen MR) is 45.2 cm³/mol. The Morgan fingerprint density at radius 2 is 2.18 bits per heavy atom. The van der Waals surface area contributed by atoms with Crippen molar-refractivity contribution >= 4 is 5.97 Å².